The van der Waals surface area contributed by atoms with E-state index < -0.39 is 0 Å². The lowest BCUT2D eigenvalue weighted by Gasteiger charge is -2.19. The molecule has 1 aliphatic rings. The Balaban J connectivity index is 1.94. The van der Waals surface area contributed by atoms with E-state index >= 15 is 0 Å². The summed E-state index contributed by atoms with van der Waals surface area (Å²) in [6.45, 7) is 1.91. The van der Waals surface area contributed by atoms with Gasteiger partial charge in [0.05, 0.1) is 11.6 Å². The molecule has 1 aromatic carbocycles. The van der Waals surface area contributed by atoms with E-state index in [0.29, 0.717) is 6.42 Å². The van der Waals surface area contributed by atoms with Crippen molar-refractivity contribution in [1.29, 1.82) is 0 Å². The predicted octanol–water partition coefficient (Wildman–Crippen LogP) is 3.80. The van der Waals surface area contributed by atoms with E-state index in [1.165, 1.54) is 0 Å². The molecule has 4 heteroatoms. The summed E-state index contributed by atoms with van der Waals surface area (Å²) in [5.74, 6) is 0.916. The third-order valence-electron chi connectivity index (χ3n) is 3.49. The van der Waals surface area contributed by atoms with Crippen molar-refractivity contribution in [2.24, 2.45) is 0 Å². The number of aryl methyl sites for hydroxylation is 2. The summed E-state index contributed by atoms with van der Waals surface area (Å²) in [6.07, 6.45) is 2.95. The molecule has 0 bridgehead atoms. The van der Waals surface area contributed by atoms with E-state index in [1.54, 1.807) is 6.26 Å². The van der Waals surface area contributed by atoms with Crippen LogP contribution >= 0.6 is 11.6 Å². The maximum Gasteiger partial charge on any atom is 0.224 e. The summed E-state index contributed by atoms with van der Waals surface area (Å²) in [5, 5.41) is 2.65. The minimum Gasteiger partial charge on any atom is -0.469 e. The van der Waals surface area contributed by atoms with Gasteiger partial charge < -0.3 is 9.73 Å². The molecule has 0 saturated heterocycles. The van der Waals surface area contributed by atoms with Gasteiger partial charge in [-0.15, -0.1) is 11.6 Å². The Morgan fingerprint density at radius 1 is 1.32 bits per heavy atom. The van der Waals surface area contributed by atoms with Crippen molar-refractivity contribution >= 4 is 23.2 Å². The van der Waals surface area contributed by atoms with E-state index in [4.69, 9.17) is 16.0 Å². The molecule has 2 aromatic rings. The number of anilines is 1. The highest BCUT2D eigenvalue weighted by molar-refractivity contribution is 6.22. The van der Waals surface area contributed by atoms with Crippen molar-refractivity contribution in [3.63, 3.8) is 0 Å². The van der Waals surface area contributed by atoms with Crippen LogP contribution in [0, 0.1) is 6.92 Å². The molecule has 2 heterocycles. The molecule has 1 N–H and O–H groups in total. The number of nitrogens with one attached hydrogen (secondary N) is 1. The predicted molar refractivity (Wildman–Crippen MR) is 74.5 cm³/mol. The van der Waals surface area contributed by atoms with Gasteiger partial charge in [0.1, 0.15) is 5.76 Å². The van der Waals surface area contributed by atoms with Gasteiger partial charge in [-0.2, -0.15) is 0 Å². The van der Waals surface area contributed by atoms with Crippen LogP contribution < -0.4 is 5.32 Å². The molecule has 1 aromatic heterocycles. The maximum atomic E-state index is 11.3. The Morgan fingerprint density at radius 3 is 2.89 bits per heavy atom. The van der Waals surface area contributed by atoms with Gasteiger partial charge in [0.2, 0.25) is 5.91 Å². The minimum absolute atomic E-state index is 0.0772. The molecular formula is C15H14ClNO2. The number of amides is 1. The summed E-state index contributed by atoms with van der Waals surface area (Å²) in [5.41, 5.74) is 4.05. The molecule has 1 amide bonds. The van der Waals surface area contributed by atoms with Gasteiger partial charge in [-0.3, -0.25) is 4.79 Å². The lowest BCUT2D eigenvalue weighted by Crippen LogP contribution is -2.19. The second-order valence-corrected chi connectivity index (χ2v) is 5.20. The van der Waals surface area contributed by atoms with Crippen molar-refractivity contribution < 1.29 is 9.21 Å². The van der Waals surface area contributed by atoms with E-state index in [9.17, 15) is 4.79 Å². The molecule has 0 fully saturated rings. The zero-order valence-corrected chi connectivity index (χ0v) is 11.3. The molecule has 0 aliphatic carbocycles. The van der Waals surface area contributed by atoms with Gasteiger partial charge in [0.25, 0.3) is 0 Å². The normalized spacial score (nSPS) is 15.8. The zero-order chi connectivity index (χ0) is 13.4. The molecular weight excluding hydrogens is 262 g/mol. The Morgan fingerprint density at radius 2 is 2.16 bits per heavy atom. The summed E-state index contributed by atoms with van der Waals surface area (Å²) in [4.78, 5) is 11.3. The largest absolute Gasteiger partial charge is 0.469 e. The van der Waals surface area contributed by atoms with Crippen LogP contribution in [0.1, 0.15) is 34.2 Å². The highest BCUT2D eigenvalue weighted by atomic mass is 35.5. The molecule has 0 radical (unpaired) electrons. The van der Waals surface area contributed by atoms with Crippen LogP contribution in [0.3, 0.4) is 0 Å². The fraction of sp³-hybridized carbons (Fsp3) is 0.267. The second-order valence-electron chi connectivity index (χ2n) is 4.76. The summed E-state index contributed by atoms with van der Waals surface area (Å²) < 4.78 is 5.29. The fourth-order valence-electron chi connectivity index (χ4n) is 2.40. The average Bonchev–Trinajstić information content (AvgIpc) is 2.83. The molecule has 1 aliphatic heterocycles. The van der Waals surface area contributed by atoms with Gasteiger partial charge in [-0.05, 0) is 36.6 Å². The second kappa shape index (κ2) is 4.74. The average molecular weight is 276 g/mol. The number of furan rings is 1. The Labute approximate surface area is 116 Å². The Kier molecular flexibility index (Phi) is 3.07. The van der Waals surface area contributed by atoms with Crippen molar-refractivity contribution in [2.45, 2.75) is 25.1 Å². The third kappa shape index (κ3) is 2.26. The number of benzene rings is 1. The minimum atomic E-state index is -0.221. The Hall–Kier alpha value is -1.74. The highest BCUT2D eigenvalue weighted by Gasteiger charge is 2.19. The van der Waals surface area contributed by atoms with E-state index in [0.717, 1.165) is 34.6 Å². The maximum absolute atomic E-state index is 11.3. The number of rotatable bonds is 2. The Bertz CT molecular complexity index is 633. The van der Waals surface area contributed by atoms with Gasteiger partial charge >= 0.3 is 0 Å². The van der Waals surface area contributed by atoms with Crippen molar-refractivity contribution in [3.05, 3.63) is 53.0 Å². The lowest BCUT2D eigenvalue weighted by atomic mass is 9.97. The number of carbonyl (C=O) groups is 1. The molecule has 19 heavy (non-hydrogen) atoms. The van der Waals surface area contributed by atoms with Crippen LogP contribution in [0.2, 0.25) is 0 Å². The first-order valence-electron chi connectivity index (χ1n) is 6.26. The van der Waals surface area contributed by atoms with Gasteiger partial charge in [0.15, 0.2) is 0 Å². The SMILES string of the molecule is Cc1occc1C(Cl)c1ccc2c(c1)CCC(=O)N2. The topological polar surface area (TPSA) is 42.2 Å². The first kappa shape index (κ1) is 12.3. The zero-order valence-electron chi connectivity index (χ0n) is 10.6. The van der Waals surface area contributed by atoms with Crippen molar-refractivity contribution in [2.75, 3.05) is 5.32 Å². The van der Waals surface area contributed by atoms with Crippen molar-refractivity contribution in [3.8, 4) is 0 Å². The first-order chi connectivity index (χ1) is 9.15. The molecule has 3 rings (SSSR count). The summed E-state index contributed by atoms with van der Waals surface area (Å²) in [7, 11) is 0. The van der Waals surface area contributed by atoms with E-state index in [-0.39, 0.29) is 11.3 Å². The number of hydrogen-bond donors (Lipinski definition) is 1. The summed E-state index contributed by atoms with van der Waals surface area (Å²) >= 11 is 6.50. The molecule has 0 saturated carbocycles. The lowest BCUT2D eigenvalue weighted by molar-refractivity contribution is -0.116. The van der Waals surface area contributed by atoms with Gasteiger partial charge in [-0.1, -0.05) is 12.1 Å². The van der Waals surface area contributed by atoms with Gasteiger partial charge in [0, 0.05) is 17.7 Å². The number of halogens is 1. The number of carbonyl (C=O) groups excluding carboxylic acids is 1. The van der Waals surface area contributed by atoms with E-state index in [2.05, 4.69) is 11.4 Å². The van der Waals surface area contributed by atoms with Crippen LogP contribution in [0.25, 0.3) is 0 Å². The van der Waals surface area contributed by atoms with Crippen LogP contribution in [0.15, 0.2) is 34.9 Å². The van der Waals surface area contributed by atoms with E-state index in [1.807, 2.05) is 25.1 Å². The van der Waals surface area contributed by atoms with Crippen molar-refractivity contribution in [1.82, 2.24) is 0 Å². The molecule has 1 unspecified atom stereocenters. The smallest absolute Gasteiger partial charge is 0.224 e. The summed E-state index contributed by atoms with van der Waals surface area (Å²) in [6, 6.07) is 7.84. The quantitative estimate of drug-likeness (QED) is 0.847. The molecule has 1 atom stereocenters. The van der Waals surface area contributed by atoms with Crippen LogP contribution in [0.5, 0.6) is 0 Å². The van der Waals surface area contributed by atoms with Crippen LogP contribution in [-0.2, 0) is 11.2 Å². The molecule has 98 valence electrons. The van der Waals surface area contributed by atoms with Crippen LogP contribution in [-0.4, -0.2) is 5.91 Å². The number of hydrogen-bond acceptors (Lipinski definition) is 2. The van der Waals surface area contributed by atoms with Gasteiger partial charge in [-0.25, -0.2) is 0 Å². The van der Waals surface area contributed by atoms with Crippen LogP contribution in [0.4, 0.5) is 5.69 Å². The fourth-order valence-corrected chi connectivity index (χ4v) is 2.76. The highest BCUT2D eigenvalue weighted by Crippen LogP contribution is 2.34. The standard InChI is InChI=1S/C15H14ClNO2/c1-9-12(6-7-19-9)15(16)11-2-4-13-10(8-11)3-5-14(18)17-13/h2,4,6-8,15H,3,5H2,1H3,(H,17,18). The first-order valence-corrected chi connectivity index (χ1v) is 6.69. The molecule has 0 spiro atoms. The molecule has 3 nitrogen and oxygen atoms in total. The number of fused-ring (bicyclic) bond motifs is 1. The number of alkyl halides is 1. The monoisotopic (exact) mass is 275 g/mol. The third-order valence-corrected chi connectivity index (χ3v) is 3.98.